The Morgan fingerprint density at radius 3 is 1.53 bits per heavy atom. The van der Waals surface area contributed by atoms with Gasteiger partial charge in [0.25, 0.3) is 0 Å². The van der Waals surface area contributed by atoms with Gasteiger partial charge in [0.2, 0.25) is 0 Å². The lowest BCUT2D eigenvalue weighted by molar-refractivity contribution is 0.518. The van der Waals surface area contributed by atoms with E-state index in [-0.39, 0.29) is 0 Å². The molecule has 1 heterocycles. The van der Waals surface area contributed by atoms with Crippen LogP contribution in [-0.2, 0) is 13.1 Å². The molecule has 2 nitrogen and oxygen atoms in total. The molecule has 0 aromatic carbocycles. The van der Waals surface area contributed by atoms with Gasteiger partial charge in [-0.3, -0.25) is 0 Å². The number of nitrogens with one attached hydrogen (secondary N) is 2. The monoisotopic (exact) mass is 282 g/mol. The maximum atomic E-state index is 3.62. The molecule has 1 aromatic heterocycles. The fraction of sp³-hybridized carbons (Fsp3) is 0.750. The lowest BCUT2D eigenvalue weighted by Crippen LogP contribution is -2.27. The summed E-state index contributed by atoms with van der Waals surface area (Å²) in [6.45, 7) is 15.5. The molecule has 2 N–H and O–H groups in total. The Balaban J connectivity index is 2.73. The Morgan fingerprint density at radius 1 is 0.842 bits per heavy atom. The van der Waals surface area contributed by atoms with Crippen molar-refractivity contribution in [2.75, 3.05) is 0 Å². The van der Waals surface area contributed by atoms with Crippen molar-refractivity contribution in [1.29, 1.82) is 0 Å². The van der Waals surface area contributed by atoms with Gasteiger partial charge in [-0.2, -0.15) is 0 Å². The van der Waals surface area contributed by atoms with Gasteiger partial charge in [0.1, 0.15) is 0 Å². The van der Waals surface area contributed by atoms with Crippen LogP contribution in [0.4, 0.5) is 0 Å². The highest BCUT2D eigenvalue weighted by molar-refractivity contribution is 7.12. The molecule has 0 bridgehead atoms. The van der Waals surface area contributed by atoms with E-state index in [1.807, 2.05) is 11.3 Å². The molecule has 0 spiro atoms. The van der Waals surface area contributed by atoms with Crippen LogP contribution in [0.15, 0.2) is 0 Å². The van der Waals surface area contributed by atoms with E-state index in [9.17, 15) is 0 Å². The third-order valence-electron chi connectivity index (χ3n) is 4.00. The minimum Gasteiger partial charge on any atom is -0.310 e. The highest BCUT2D eigenvalue weighted by atomic mass is 32.1. The smallest absolute Gasteiger partial charge is 0.0222 e. The van der Waals surface area contributed by atoms with Crippen LogP contribution in [0, 0.1) is 13.8 Å². The highest BCUT2D eigenvalue weighted by Crippen LogP contribution is 2.27. The molecule has 110 valence electrons. The minimum absolute atomic E-state index is 0.593. The quantitative estimate of drug-likeness (QED) is 0.749. The average molecular weight is 282 g/mol. The molecule has 0 unspecified atom stereocenters. The molecule has 1 rings (SSSR count). The van der Waals surface area contributed by atoms with Crippen molar-refractivity contribution in [1.82, 2.24) is 10.6 Å². The SMILES string of the molecule is CC[C@H](C)NCc1c(C)sc(C)c1CN[C@@H](C)CC. The summed E-state index contributed by atoms with van der Waals surface area (Å²) in [6.07, 6.45) is 2.37. The molecule has 0 amide bonds. The standard InChI is InChI=1S/C16H30N2S/c1-7-11(3)17-9-15-13(5)19-14(6)16(15)10-18-12(4)8-2/h11-12,17-18H,7-10H2,1-6H3/t11-,12-/m0/s1. The zero-order valence-electron chi connectivity index (χ0n) is 13.4. The molecule has 0 aliphatic carbocycles. The van der Waals surface area contributed by atoms with Gasteiger partial charge < -0.3 is 10.6 Å². The van der Waals surface area contributed by atoms with E-state index in [4.69, 9.17) is 0 Å². The van der Waals surface area contributed by atoms with E-state index in [0.29, 0.717) is 12.1 Å². The predicted molar refractivity (Wildman–Crippen MR) is 87.0 cm³/mol. The van der Waals surface area contributed by atoms with Crippen LogP contribution in [-0.4, -0.2) is 12.1 Å². The first-order chi connectivity index (χ1) is 8.99. The van der Waals surface area contributed by atoms with Crippen LogP contribution in [0.3, 0.4) is 0 Å². The first-order valence-corrected chi connectivity index (χ1v) is 8.35. The number of aryl methyl sites for hydroxylation is 2. The summed E-state index contributed by atoms with van der Waals surface area (Å²) < 4.78 is 0. The van der Waals surface area contributed by atoms with E-state index in [2.05, 4.69) is 52.2 Å². The number of hydrogen-bond acceptors (Lipinski definition) is 3. The molecule has 1 aromatic rings. The Morgan fingerprint density at radius 2 is 1.21 bits per heavy atom. The summed E-state index contributed by atoms with van der Waals surface area (Å²) in [4.78, 5) is 2.93. The highest BCUT2D eigenvalue weighted by Gasteiger charge is 2.13. The molecule has 0 radical (unpaired) electrons. The largest absolute Gasteiger partial charge is 0.310 e. The van der Waals surface area contributed by atoms with Crippen molar-refractivity contribution in [2.45, 2.75) is 79.6 Å². The van der Waals surface area contributed by atoms with Gasteiger partial charge in [0.05, 0.1) is 0 Å². The summed E-state index contributed by atoms with van der Waals surface area (Å²) in [5.41, 5.74) is 3.03. The third kappa shape index (κ3) is 4.90. The van der Waals surface area contributed by atoms with Crippen molar-refractivity contribution >= 4 is 11.3 Å². The van der Waals surface area contributed by atoms with Crippen molar-refractivity contribution in [2.24, 2.45) is 0 Å². The van der Waals surface area contributed by atoms with Gasteiger partial charge in [-0.25, -0.2) is 0 Å². The molecule has 0 aliphatic rings. The minimum atomic E-state index is 0.593. The van der Waals surface area contributed by atoms with Crippen LogP contribution >= 0.6 is 11.3 Å². The molecule has 0 saturated carbocycles. The van der Waals surface area contributed by atoms with E-state index in [1.54, 1.807) is 0 Å². The molecular weight excluding hydrogens is 252 g/mol. The van der Waals surface area contributed by atoms with Crippen LogP contribution < -0.4 is 10.6 Å². The van der Waals surface area contributed by atoms with Crippen LogP contribution in [0.1, 0.15) is 61.4 Å². The zero-order chi connectivity index (χ0) is 14.4. The van der Waals surface area contributed by atoms with Crippen LogP contribution in [0.2, 0.25) is 0 Å². The predicted octanol–water partition coefficient (Wildman–Crippen LogP) is 4.14. The molecule has 2 atom stereocenters. The van der Waals surface area contributed by atoms with E-state index < -0.39 is 0 Å². The molecule has 0 saturated heterocycles. The third-order valence-corrected chi connectivity index (χ3v) is 5.10. The Hall–Kier alpha value is -0.380. The second-order valence-corrected chi connectivity index (χ2v) is 6.98. The average Bonchev–Trinajstić information content (AvgIpc) is 2.67. The maximum absolute atomic E-state index is 3.62. The van der Waals surface area contributed by atoms with Crippen LogP contribution in [0.5, 0.6) is 0 Å². The van der Waals surface area contributed by atoms with Gasteiger partial charge in [-0.15, -0.1) is 11.3 Å². The second-order valence-electron chi connectivity index (χ2n) is 5.55. The van der Waals surface area contributed by atoms with Crippen molar-refractivity contribution in [3.8, 4) is 0 Å². The molecule has 0 aliphatic heterocycles. The van der Waals surface area contributed by atoms with Gasteiger partial charge in [0, 0.05) is 34.9 Å². The fourth-order valence-electron chi connectivity index (χ4n) is 2.08. The Kier molecular flexibility index (Phi) is 7.05. The van der Waals surface area contributed by atoms with Gasteiger partial charge in [0.15, 0.2) is 0 Å². The maximum Gasteiger partial charge on any atom is 0.0222 e. The van der Waals surface area contributed by atoms with Gasteiger partial charge >= 0.3 is 0 Å². The number of hydrogen-bond donors (Lipinski definition) is 2. The summed E-state index contributed by atoms with van der Waals surface area (Å²) in [6, 6.07) is 1.19. The number of thiophene rings is 1. The Labute approximate surface area is 123 Å². The molecule has 0 fully saturated rings. The van der Waals surface area contributed by atoms with Crippen LogP contribution in [0.25, 0.3) is 0 Å². The van der Waals surface area contributed by atoms with Crippen molar-refractivity contribution in [3.63, 3.8) is 0 Å². The summed E-state index contributed by atoms with van der Waals surface area (Å²) in [5, 5.41) is 7.25. The summed E-state index contributed by atoms with van der Waals surface area (Å²) >= 11 is 1.93. The lowest BCUT2D eigenvalue weighted by Gasteiger charge is -2.15. The number of rotatable bonds is 8. The molecule has 19 heavy (non-hydrogen) atoms. The van der Waals surface area contributed by atoms with E-state index in [1.165, 1.54) is 33.7 Å². The lowest BCUT2D eigenvalue weighted by atomic mass is 10.1. The van der Waals surface area contributed by atoms with Gasteiger partial charge in [-0.05, 0) is 51.7 Å². The summed E-state index contributed by atoms with van der Waals surface area (Å²) in [7, 11) is 0. The van der Waals surface area contributed by atoms with Crippen molar-refractivity contribution in [3.05, 3.63) is 20.9 Å². The van der Waals surface area contributed by atoms with E-state index >= 15 is 0 Å². The first-order valence-electron chi connectivity index (χ1n) is 7.54. The van der Waals surface area contributed by atoms with Crippen molar-refractivity contribution < 1.29 is 0 Å². The molecular formula is C16H30N2S. The summed E-state index contributed by atoms with van der Waals surface area (Å²) in [5.74, 6) is 0. The second kappa shape index (κ2) is 8.03. The van der Waals surface area contributed by atoms with E-state index in [0.717, 1.165) is 13.1 Å². The zero-order valence-corrected chi connectivity index (χ0v) is 14.2. The van der Waals surface area contributed by atoms with Gasteiger partial charge in [-0.1, -0.05) is 13.8 Å². The first kappa shape index (κ1) is 16.7. The fourth-order valence-corrected chi connectivity index (χ4v) is 3.18. The normalized spacial score (nSPS) is 14.6. The molecule has 3 heteroatoms. The topological polar surface area (TPSA) is 24.1 Å². The Bertz CT molecular complexity index is 350.